The topological polar surface area (TPSA) is 74.9 Å². The molecule has 2 radical (unpaired) electrons. The summed E-state index contributed by atoms with van der Waals surface area (Å²) in [4.78, 5) is 21.9. The van der Waals surface area contributed by atoms with Gasteiger partial charge in [-0.1, -0.05) is 75.2 Å². The normalized spacial score (nSPS) is 42.8. The third kappa shape index (κ3) is 5.76. The average molecular weight is 914 g/mol. The van der Waals surface area contributed by atoms with E-state index in [1.807, 2.05) is 12.2 Å². The van der Waals surface area contributed by atoms with Crippen molar-refractivity contribution < 1.29 is 122 Å². The number of epoxide rings is 1. The maximum absolute atomic E-state index is 11.0. The average Bonchev–Trinajstić information content (AvgIpc) is 3.36. The number of nitrogens with zero attached hydrogens (tertiary/aromatic N) is 2. The van der Waals surface area contributed by atoms with Gasteiger partial charge in [-0.05, 0) is 36.5 Å². The molecular formula is C22H28N2O3W2Y2-2. The number of β-lactam (4-membered cyclic amide) rings is 2. The van der Waals surface area contributed by atoms with Gasteiger partial charge in [0.15, 0.2) is 0 Å². The van der Waals surface area contributed by atoms with Gasteiger partial charge >= 0.3 is 0 Å². The Hall–Kier alpha value is 1.70. The van der Waals surface area contributed by atoms with E-state index in [1.165, 1.54) is 0 Å². The fourth-order valence-corrected chi connectivity index (χ4v) is 4.84. The first-order chi connectivity index (χ1) is 12.6. The summed E-state index contributed by atoms with van der Waals surface area (Å²) in [6.45, 7) is 13.5. The van der Waals surface area contributed by atoms with Crippen LogP contribution in [-0.2, 0) is 122 Å². The van der Waals surface area contributed by atoms with Crippen LogP contribution in [0.3, 0.4) is 0 Å². The van der Waals surface area contributed by atoms with Gasteiger partial charge < -0.3 is 25.0 Å². The van der Waals surface area contributed by atoms with Gasteiger partial charge in [0.1, 0.15) is 5.60 Å². The van der Waals surface area contributed by atoms with Crippen LogP contribution in [0.4, 0.5) is 0 Å². The predicted molar refractivity (Wildman–Crippen MR) is 104 cm³/mol. The number of hydrogen-bond donors (Lipinski definition) is 0. The molecule has 31 heavy (non-hydrogen) atoms. The van der Waals surface area contributed by atoms with Gasteiger partial charge in [-0.3, -0.25) is 0 Å². The summed E-state index contributed by atoms with van der Waals surface area (Å²) in [5.41, 5.74) is 0.761. The molecule has 5 rings (SSSR count). The molecule has 5 nitrogen and oxygen atoms in total. The van der Waals surface area contributed by atoms with E-state index in [2.05, 4.69) is 57.1 Å². The molecule has 0 aromatic heterocycles. The van der Waals surface area contributed by atoms with Crippen LogP contribution < -0.4 is 0 Å². The molecule has 3 heterocycles. The zero-order chi connectivity index (χ0) is 19.6. The standard InChI is InChI=1S/C11H15NO2.C11H15NO.2W.2Y/c1-7-8(2)11(6-14-11)4-3-10(7)5-9(13)12-10;1-7-4-5-11(6-10(13)12-11)9(3)8(7)2;;;;/h3-4,7-8H,5-6H2,1-2H3,(H,12,13);4-5,8-9H,1,6H2,2-3H3,(H,12,13);;;;/p-2/t7-,8+,10?,11-;8-,9-,11?;;;;/m11..../s1. The Morgan fingerprint density at radius 1 is 0.871 bits per heavy atom. The van der Waals surface area contributed by atoms with E-state index in [0.717, 1.165) is 12.2 Å². The molecule has 5 aliphatic rings. The van der Waals surface area contributed by atoms with Gasteiger partial charge in [-0.15, -0.1) is 0 Å². The molecule has 3 aliphatic heterocycles. The Kier molecular flexibility index (Phi) is 12.3. The monoisotopic (exact) mass is 914 g/mol. The molecule has 0 bridgehead atoms. The van der Waals surface area contributed by atoms with Crippen LogP contribution in [0.1, 0.15) is 40.5 Å². The molecule has 3 fully saturated rings. The quantitative estimate of drug-likeness (QED) is 0.210. The first-order valence-corrected chi connectivity index (χ1v) is 9.87. The zero-order valence-electron chi connectivity index (χ0n) is 18.5. The Bertz CT molecular complexity index is 767. The fourth-order valence-electron chi connectivity index (χ4n) is 4.84. The van der Waals surface area contributed by atoms with Crippen molar-refractivity contribution in [3.05, 3.63) is 47.1 Å². The van der Waals surface area contributed by atoms with Crippen molar-refractivity contribution in [3.8, 4) is 0 Å². The maximum atomic E-state index is 11.0. The first kappa shape index (κ1) is 32.7. The van der Waals surface area contributed by atoms with Crippen molar-refractivity contribution in [2.24, 2.45) is 23.7 Å². The zero-order valence-corrected chi connectivity index (χ0v) is 30.1. The van der Waals surface area contributed by atoms with Crippen LogP contribution in [-0.4, -0.2) is 35.1 Å². The number of amides is 2. The number of carbonyl (C=O) groups excluding carboxylic acids is 2. The summed E-state index contributed by atoms with van der Waals surface area (Å²) in [5, 5.41) is 8.27. The molecule has 0 aromatic carbocycles. The first-order valence-electron chi connectivity index (χ1n) is 9.87. The largest absolute Gasteiger partial charge is 0.644 e. The van der Waals surface area contributed by atoms with Crippen molar-refractivity contribution in [3.63, 3.8) is 0 Å². The molecule has 9 heteroatoms. The van der Waals surface area contributed by atoms with Crippen molar-refractivity contribution in [2.75, 3.05) is 6.61 Å². The van der Waals surface area contributed by atoms with Gasteiger partial charge in [-0.25, -0.2) is 0 Å². The van der Waals surface area contributed by atoms with E-state index in [1.54, 1.807) is 0 Å². The summed E-state index contributed by atoms with van der Waals surface area (Å²) in [7, 11) is 0. The molecule has 0 saturated carbocycles. The third-order valence-corrected chi connectivity index (χ3v) is 7.68. The van der Waals surface area contributed by atoms with Crippen molar-refractivity contribution in [2.45, 2.75) is 57.2 Å². The number of hydrogen-bond acceptors (Lipinski definition) is 3. The van der Waals surface area contributed by atoms with Crippen LogP contribution in [0, 0.1) is 23.7 Å². The molecule has 3 spiro atoms. The summed E-state index contributed by atoms with van der Waals surface area (Å²) in [6, 6.07) is 0. The van der Waals surface area contributed by atoms with Gasteiger partial charge in [0.2, 0.25) is 0 Å². The van der Waals surface area contributed by atoms with Gasteiger partial charge in [-0.2, -0.15) is 0 Å². The van der Waals surface area contributed by atoms with Crippen LogP contribution in [0.15, 0.2) is 36.5 Å². The van der Waals surface area contributed by atoms with Gasteiger partial charge in [0.25, 0.3) is 0 Å². The van der Waals surface area contributed by atoms with E-state index in [0.29, 0.717) is 36.5 Å². The van der Waals surface area contributed by atoms with Gasteiger partial charge in [0.05, 0.1) is 18.4 Å². The number of ether oxygens (including phenoxy) is 1. The van der Waals surface area contributed by atoms with E-state index >= 15 is 0 Å². The number of carbonyl (C=O) groups is 2. The van der Waals surface area contributed by atoms with Crippen LogP contribution in [0.25, 0.3) is 10.6 Å². The molecular weight excluding hydrogens is 886 g/mol. The summed E-state index contributed by atoms with van der Waals surface area (Å²) < 4.78 is 5.49. The Balaban J connectivity index is 0.000000516. The molecule has 0 aromatic rings. The summed E-state index contributed by atoms with van der Waals surface area (Å²) >= 11 is 0. The molecule has 7 atom stereocenters. The molecule has 2 unspecified atom stereocenters. The second-order valence-corrected chi connectivity index (χ2v) is 8.99. The minimum absolute atomic E-state index is 0. The molecule has 2 aliphatic carbocycles. The minimum atomic E-state index is -0.187. The summed E-state index contributed by atoms with van der Waals surface area (Å²) in [6.07, 6.45) is 9.44. The third-order valence-electron chi connectivity index (χ3n) is 7.68. The van der Waals surface area contributed by atoms with Crippen LogP contribution in [0.2, 0.25) is 0 Å². The van der Waals surface area contributed by atoms with Gasteiger partial charge in [0, 0.05) is 108 Å². The Morgan fingerprint density at radius 2 is 1.32 bits per heavy atom. The fraction of sp³-hybridized carbons (Fsp3) is 0.636. The van der Waals surface area contributed by atoms with E-state index in [-0.39, 0.29) is 136 Å². The van der Waals surface area contributed by atoms with E-state index < -0.39 is 0 Å². The second kappa shape index (κ2) is 11.6. The van der Waals surface area contributed by atoms with E-state index in [9.17, 15) is 9.59 Å². The van der Waals surface area contributed by atoms with Crippen molar-refractivity contribution in [1.29, 1.82) is 0 Å². The van der Waals surface area contributed by atoms with Crippen LogP contribution in [0.5, 0.6) is 0 Å². The van der Waals surface area contributed by atoms with Crippen LogP contribution >= 0.6 is 0 Å². The van der Waals surface area contributed by atoms with E-state index in [4.69, 9.17) is 4.74 Å². The Morgan fingerprint density at radius 3 is 1.74 bits per heavy atom. The SMILES string of the molecule is C=C1C=CC2(CC(=O)[N-]2)[C@H](C)[C@@H]1C.C[C@@H]1[C@H](C)[C@@]2(C=CC13CC(=O)[N-]3)CO2.[W].[W].[Y].[Y]. The number of rotatable bonds is 0. The molecule has 2 amide bonds. The minimum Gasteiger partial charge on any atom is -0.644 e. The smallest absolute Gasteiger partial charge is 0.112 e. The molecule has 3 saturated heterocycles. The Labute approximate surface area is 264 Å². The molecule has 164 valence electrons. The van der Waals surface area contributed by atoms with Crippen molar-refractivity contribution >= 4 is 11.8 Å². The molecule has 0 N–H and O–H groups in total. The van der Waals surface area contributed by atoms with Crippen molar-refractivity contribution in [1.82, 2.24) is 0 Å². The summed E-state index contributed by atoms with van der Waals surface area (Å²) in [5.74, 6) is 1.79. The maximum Gasteiger partial charge on any atom is 0.112 e. The predicted octanol–water partition coefficient (Wildman–Crippen LogP) is 4.06. The second-order valence-electron chi connectivity index (χ2n) is 8.99. The number of allylic oxidation sites excluding steroid dienone is 2.